The summed E-state index contributed by atoms with van der Waals surface area (Å²) in [6, 6.07) is 1.61. The summed E-state index contributed by atoms with van der Waals surface area (Å²) >= 11 is 7.63. The molecule has 7 heteroatoms. The number of nitroso groups, excluding NO2 is 1. The highest BCUT2D eigenvalue weighted by atomic mass is 79.9. The lowest BCUT2D eigenvalue weighted by molar-refractivity contribution is 1.46. The molecule has 2 aromatic rings. The predicted octanol–water partition coefficient (Wildman–Crippen LogP) is 3.61. The zero-order valence-corrected chi connectivity index (χ0v) is 9.98. The van der Waals surface area contributed by atoms with Crippen LogP contribution in [0.4, 0.5) is 5.69 Å². The van der Waals surface area contributed by atoms with Crippen molar-refractivity contribution in [3.05, 3.63) is 19.9 Å². The van der Waals surface area contributed by atoms with Gasteiger partial charge >= 0.3 is 0 Å². The maximum Gasteiger partial charge on any atom is 0.125 e. The second kappa shape index (κ2) is 3.39. The molecule has 1 heterocycles. The quantitative estimate of drug-likeness (QED) is 0.753. The molecule has 0 saturated heterocycles. The molecule has 2 rings (SSSR count). The van der Waals surface area contributed by atoms with Crippen LogP contribution < -0.4 is 0 Å². The first-order chi connectivity index (χ1) is 6.24. The van der Waals surface area contributed by atoms with Crippen molar-refractivity contribution in [1.29, 1.82) is 0 Å². The van der Waals surface area contributed by atoms with Crippen molar-refractivity contribution in [3.63, 3.8) is 0 Å². The third kappa shape index (κ3) is 1.40. The van der Waals surface area contributed by atoms with E-state index in [9.17, 15) is 4.91 Å². The molecule has 0 amide bonds. The summed E-state index contributed by atoms with van der Waals surface area (Å²) in [5, 5.41) is 2.87. The molecule has 0 N–H and O–H groups in total. The second-order valence-electron chi connectivity index (χ2n) is 2.24. The smallest absolute Gasteiger partial charge is 0.125 e. The Kier molecular flexibility index (Phi) is 2.39. The molecular formula is C6HBr2N3OS. The number of hydrogen-bond donors (Lipinski definition) is 0. The van der Waals surface area contributed by atoms with E-state index in [1.54, 1.807) is 6.07 Å². The van der Waals surface area contributed by atoms with Gasteiger partial charge in [0.05, 0.1) is 16.2 Å². The Morgan fingerprint density at radius 3 is 2.69 bits per heavy atom. The molecule has 0 aliphatic heterocycles. The molecule has 0 radical (unpaired) electrons. The highest BCUT2D eigenvalue weighted by Gasteiger charge is 2.12. The van der Waals surface area contributed by atoms with E-state index in [0.29, 0.717) is 15.7 Å². The van der Waals surface area contributed by atoms with Crippen LogP contribution in [-0.4, -0.2) is 8.75 Å². The van der Waals surface area contributed by atoms with Crippen LogP contribution in [-0.2, 0) is 0 Å². The van der Waals surface area contributed by atoms with Gasteiger partial charge in [-0.1, -0.05) is 0 Å². The monoisotopic (exact) mass is 321 g/mol. The minimum Gasteiger partial charge on any atom is -0.172 e. The number of fused-ring (bicyclic) bond motifs is 1. The molecule has 1 aromatic heterocycles. The Labute approximate surface area is 93.9 Å². The van der Waals surface area contributed by atoms with Gasteiger partial charge in [0.2, 0.25) is 0 Å². The van der Waals surface area contributed by atoms with E-state index in [-0.39, 0.29) is 0 Å². The second-order valence-corrected chi connectivity index (χ2v) is 4.42. The molecular weight excluding hydrogens is 322 g/mol. The Bertz CT molecular complexity index is 484. The van der Waals surface area contributed by atoms with Gasteiger partial charge in [0.25, 0.3) is 0 Å². The Hall–Kier alpha value is -0.400. The van der Waals surface area contributed by atoms with Gasteiger partial charge in [-0.2, -0.15) is 8.75 Å². The third-order valence-corrected chi connectivity index (χ3v) is 3.42. The van der Waals surface area contributed by atoms with Crippen LogP contribution >= 0.6 is 43.6 Å². The van der Waals surface area contributed by atoms with Crippen molar-refractivity contribution >= 4 is 60.3 Å². The number of halogens is 2. The Morgan fingerprint density at radius 2 is 2.00 bits per heavy atom. The van der Waals surface area contributed by atoms with Crippen molar-refractivity contribution in [2.45, 2.75) is 0 Å². The predicted molar refractivity (Wildman–Crippen MR) is 58.3 cm³/mol. The minimum atomic E-state index is 0.326. The summed E-state index contributed by atoms with van der Waals surface area (Å²) in [6.45, 7) is 0. The van der Waals surface area contributed by atoms with Gasteiger partial charge in [0.1, 0.15) is 16.7 Å². The molecule has 0 fully saturated rings. The molecule has 0 aliphatic carbocycles. The topological polar surface area (TPSA) is 55.2 Å². The summed E-state index contributed by atoms with van der Waals surface area (Å²) in [5.74, 6) is 0. The van der Waals surface area contributed by atoms with E-state index >= 15 is 0 Å². The number of rotatable bonds is 1. The van der Waals surface area contributed by atoms with Crippen LogP contribution in [0, 0.1) is 4.91 Å². The van der Waals surface area contributed by atoms with Crippen LogP contribution in [0.5, 0.6) is 0 Å². The van der Waals surface area contributed by atoms with Gasteiger partial charge in [-0.15, -0.1) is 4.91 Å². The normalized spacial score (nSPS) is 10.6. The number of aromatic nitrogens is 2. The van der Waals surface area contributed by atoms with Gasteiger partial charge in [-0.05, 0) is 43.1 Å². The fourth-order valence-corrected chi connectivity index (χ4v) is 2.69. The molecule has 13 heavy (non-hydrogen) atoms. The minimum absolute atomic E-state index is 0.326. The van der Waals surface area contributed by atoms with Gasteiger partial charge in [0.15, 0.2) is 0 Å². The first-order valence-electron chi connectivity index (χ1n) is 3.17. The summed E-state index contributed by atoms with van der Waals surface area (Å²) in [7, 11) is 0. The lowest BCUT2D eigenvalue weighted by atomic mass is 10.3. The maximum atomic E-state index is 10.4. The maximum absolute atomic E-state index is 10.4. The highest BCUT2D eigenvalue weighted by Crippen LogP contribution is 2.36. The zero-order chi connectivity index (χ0) is 9.42. The molecule has 0 spiro atoms. The van der Waals surface area contributed by atoms with Crippen LogP contribution in [0.15, 0.2) is 20.2 Å². The van der Waals surface area contributed by atoms with E-state index in [1.807, 2.05) is 0 Å². The van der Waals surface area contributed by atoms with E-state index < -0.39 is 0 Å². The van der Waals surface area contributed by atoms with E-state index in [0.717, 1.165) is 21.7 Å². The fraction of sp³-hybridized carbons (Fsp3) is 0. The lowest BCUT2D eigenvalue weighted by Gasteiger charge is -1.96. The molecule has 0 aliphatic rings. The summed E-state index contributed by atoms with van der Waals surface area (Å²) in [4.78, 5) is 10.4. The largest absolute Gasteiger partial charge is 0.172 e. The highest BCUT2D eigenvalue weighted by molar-refractivity contribution is 9.11. The molecule has 0 unspecified atom stereocenters. The van der Waals surface area contributed by atoms with E-state index in [1.165, 1.54) is 0 Å². The van der Waals surface area contributed by atoms with Crippen molar-refractivity contribution in [2.24, 2.45) is 5.18 Å². The summed E-state index contributed by atoms with van der Waals surface area (Å²) in [6.07, 6.45) is 0. The van der Waals surface area contributed by atoms with Gasteiger partial charge < -0.3 is 0 Å². The van der Waals surface area contributed by atoms with Gasteiger partial charge in [-0.3, -0.25) is 0 Å². The molecule has 1 aromatic carbocycles. The van der Waals surface area contributed by atoms with Crippen molar-refractivity contribution in [3.8, 4) is 0 Å². The van der Waals surface area contributed by atoms with Crippen molar-refractivity contribution in [2.75, 3.05) is 0 Å². The van der Waals surface area contributed by atoms with Crippen LogP contribution in [0.1, 0.15) is 0 Å². The Morgan fingerprint density at radius 1 is 1.31 bits per heavy atom. The number of hydrogen-bond acceptors (Lipinski definition) is 5. The molecule has 0 saturated carbocycles. The lowest BCUT2D eigenvalue weighted by Crippen LogP contribution is -1.76. The van der Waals surface area contributed by atoms with E-state index in [2.05, 4.69) is 45.8 Å². The number of benzene rings is 1. The SMILES string of the molecule is O=Nc1cc(Br)c2nsnc2c1Br. The summed E-state index contributed by atoms with van der Waals surface area (Å²) in [5.41, 5.74) is 1.73. The molecule has 4 nitrogen and oxygen atoms in total. The molecule has 66 valence electrons. The van der Waals surface area contributed by atoms with Gasteiger partial charge in [0, 0.05) is 4.47 Å². The zero-order valence-electron chi connectivity index (χ0n) is 5.99. The summed E-state index contributed by atoms with van der Waals surface area (Å²) < 4.78 is 9.43. The average Bonchev–Trinajstić information content (AvgIpc) is 2.60. The van der Waals surface area contributed by atoms with Crippen LogP contribution in [0.25, 0.3) is 11.0 Å². The Balaban J connectivity index is 2.93. The van der Waals surface area contributed by atoms with Crippen LogP contribution in [0.3, 0.4) is 0 Å². The van der Waals surface area contributed by atoms with Crippen molar-refractivity contribution in [1.82, 2.24) is 8.75 Å². The number of nitrogens with zero attached hydrogens (tertiary/aromatic N) is 3. The average molecular weight is 323 g/mol. The molecule has 0 atom stereocenters. The fourth-order valence-electron chi connectivity index (χ4n) is 0.929. The standard InChI is InChI=1S/C6HBr2N3OS/c7-2-1-3(9-12)4(8)6-5(2)10-13-11-6/h1H. The first-order valence-corrected chi connectivity index (χ1v) is 5.49. The first kappa shape index (κ1) is 9.17. The van der Waals surface area contributed by atoms with E-state index in [4.69, 9.17) is 0 Å². The van der Waals surface area contributed by atoms with Crippen LogP contribution in [0.2, 0.25) is 0 Å². The third-order valence-electron chi connectivity index (χ3n) is 1.51. The molecule has 0 bridgehead atoms. The van der Waals surface area contributed by atoms with Gasteiger partial charge in [-0.25, -0.2) is 0 Å². The van der Waals surface area contributed by atoms with Crippen molar-refractivity contribution < 1.29 is 0 Å².